The minimum absolute atomic E-state index is 0.107. The Balaban J connectivity index is 3.93. The summed E-state index contributed by atoms with van der Waals surface area (Å²) in [6.07, 6.45) is 1.01. The fourth-order valence-corrected chi connectivity index (χ4v) is 1.45. The highest BCUT2D eigenvalue weighted by molar-refractivity contribution is 5.84. The van der Waals surface area contributed by atoms with Crippen molar-refractivity contribution in [3.8, 4) is 0 Å². The van der Waals surface area contributed by atoms with E-state index < -0.39 is 12.0 Å². The Morgan fingerprint density at radius 3 is 2.37 bits per heavy atom. The molecule has 0 aromatic carbocycles. The molecule has 1 atom stereocenters. The lowest BCUT2D eigenvalue weighted by molar-refractivity contribution is -0.142. The molecule has 0 rings (SSSR count). The summed E-state index contributed by atoms with van der Waals surface area (Å²) in [6.45, 7) is 2.64. The molecule has 0 aliphatic heterocycles. The lowest BCUT2D eigenvalue weighted by Crippen LogP contribution is -2.41. The predicted molar refractivity (Wildman–Crippen MR) is 68.6 cm³/mol. The van der Waals surface area contributed by atoms with Crippen LogP contribution in [-0.4, -0.2) is 49.2 Å². The number of methoxy groups -OCH3 is 1. The molecule has 0 saturated heterocycles. The zero-order chi connectivity index (χ0) is 14.7. The van der Waals surface area contributed by atoms with E-state index in [1.165, 1.54) is 7.11 Å². The average molecular weight is 274 g/mol. The molecule has 0 heterocycles. The van der Waals surface area contributed by atoms with E-state index in [1.54, 1.807) is 0 Å². The van der Waals surface area contributed by atoms with Gasteiger partial charge in [0.1, 0.15) is 6.04 Å². The van der Waals surface area contributed by atoms with E-state index >= 15 is 0 Å². The van der Waals surface area contributed by atoms with Crippen LogP contribution in [0.1, 0.15) is 32.6 Å². The highest BCUT2D eigenvalue weighted by atomic mass is 16.5. The van der Waals surface area contributed by atoms with Gasteiger partial charge in [0.15, 0.2) is 0 Å². The van der Waals surface area contributed by atoms with Crippen LogP contribution >= 0.6 is 0 Å². The lowest BCUT2D eigenvalue weighted by atomic mass is 10.2. The van der Waals surface area contributed by atoms with E-state index in [9.17, 15) is 14.4 Å². The number of hydrogen-bond acceptors (Lipinski definition) is 4. The third kappa shape index (κ3) is 9.01. The van der Waals surface area contributed by atoms with Gasteiger partial charge in [0.25, 0.3) is 0 Å². The van der Waals surface area contributed by atoms with Crippen LogP contribution in [0.2, 0.25) is 0 Å². The molecule has 0 fully saturated rings. The van der Waals surface area contributed by atoms with Crippen LogP contribution in [0.15, 0.2) is 0 Å². The van der Waals surface area contributed by atoms with E-state index in [-0.39, 0.29) is 37.7 Å². The summed E-state index contributed by atoms with van der Waals surface area (Å²) < 4.78 is 4.78. The number of ether oxygens (including phenoxy) is 1. The van der Waals surface area contributed by atoms with Gasteiger partial charge in [-0.3, -0.25) is 9.59 Å². The number of aliphatic carboxylic acids is 1. The standard InChI is InChI=1S/C12H22N2O5/c1-3-13-10(15)5-4-6-11(16)14-9(12(17)18)7-8-19-2/h9H,3-8H2,1-2H3,(H,13,15)(H,14,16)(H,17,18). The normalized spacial score (nSPS) is 11.7. The van der Waals surface area contributed by atoms with Gasteiger partial charge in [0.2, 0.25) is 11.8 Å². The fraction of sp³-hybridized carbons (Fsp3) is 0.750. The van der Waals surface area contributed by atoms with Crippen molar-refractivity contribution in [3.63, 3.8) is 0 Å². The summed E-state index contributed by atoms with van der Waals surface area (Å²) in [4.78, 5) is 33.5. The molecular formula is C12H22N2O5. The molecule has 0 saturated carbocycles. The van der Waals surface area contributed by atoms with Gasteiger partial charge in [0.05, 0.1) is 0 Å². The Morgan fingerprint density at radius 1 is 1.21 bits per heavy atom. The third-order valence-corrected chi connectivity index (χ3v) is 2.43. The van der Waals surface area contributed by atoms with Crippen LogP contribution in [0.4, 0.5) is 0 Å². The first-order chi connectivity index (χ1) is 9.01. The van der Waals surface area contributed by atoms with Crippen molar-refractivity contribution in [2.45, 2.75) is 38.6 Å². The Labute approximate surface area is 112 Å². The molecule has 0 aliphatic rings. The van der Waals surface area contributed by atoms with Gasteiger partial charge in [-0.05, 0) is 13.3 Å². The first kappa shape index (κ1) is 17.4. The van der Waals surface area contributed by atoms with E-state index in [0.717, 1.165) is 0 Å². The largest absolute Gasteiger partial charge is 0.480 e. The first-order valence-electron chi connectivity index (χ1n) is 6.29. The summed E-state index contributed by atoms with van der Waals surface area (Å²) >= 11 is 0. The van der Waals surface area contributed by atoms with Crippen LogP contribution in [0.5, 0.6) is 0 Å². The van der Waals surface area contributed by atoms with Gasteiger partial charge in [-0.1, -0.05) is 0 Å². The number of nitrogens with one attached hydrogen (secondary N) is 2. The molecule has 1 unspecified atom stereocenters. The van der Waals surface area contributed by atoms with Crippen LogP contribution < -0.4 is 10.6 Å². The molecule has 0 spiro atoms. The maximum atomic E-state index is 11.5. The van der Waals surface area contributed by atoms with Crippen LogP contribution in [-0.2, 0) is 19.1 Å². The van der Waals surface area contributed by atoms with Crippen molar-refractivity contribution in [2.75, 3.05) is 20.3 Å². The predicted octanol–water partition coefficient (Wildman–Crippen LogP) is -0.101. The number of hydrogen-bond donors (Lipinski definition) is 3. The van der Waals surface area contributed by atoms with Gasteiger partial charge in [-0.25, -0.2) is 4.79 Å². The summed E-state index contributed by atoms with van der Waals surface area (Å²) in [5.41, 5.74) is 0. The second-order valence-corrected chi connectivity index (χ2v) is 4.05. The Bertz CT molecular complexity index is 306. The van der Waals surface area contributed by atoms with Crippen molar-refractivity contribution < 1.29 is 24.2 Å². The maximum absolute atomic E-state index is 11.5. The van der Waals surface area contributed by atoms with Crippen molar-refractivity contribution >= 4 is 17.8 Å². The zero-order valence-corrected chi connectivity index (χ0v) is 11.4. The van der Waals surface area contributed by atoms with Crippen LogP contribution in [0, 0.1) is 0 Å². The van der Waals surface area contributed by atoms with Gasteiger partial charge >= 0.3 is 5.97 Å². The molecule has 0 bridgehead atoms. The SMILES string of the molecule is CCNC(=O)CCCC(=O)NC(CCOC)C(=O)O. The number of carbonyl (C=O) groups excluding carboxylic acids is 2. The highest BCUT2D eigenvalue weighted by Crippen LogP contribution is 1.99. The van der Waals surface area contributed by atoms with Crippen molar-refractivity contribution in [1.82, 2.24) is 10.6 Å². The monoisotopic (exact) mass is 274 g/mol. The summed E-state index contributed by atoms with van der Waals surface area (Å²) in [6, 6.07) is -0.947. The van der Waals surface area contributed by atoms with Crippen molar-refractivity contribution in [3.05, 3.63) is 0 Å². The summed E-state index contributed by atoms with van der Waals surface area (Å²) in [7, 11) is 1.47. The Hall–Kier alpha value is -1.63. The average Bonchev–Trinajstić information content (AvgIpc) is 2.34. The number of carboxylic acid groups (broad SMARTS) is 1. The Kier molecular flexibility index (Phi) is 9.42. The fourth-order valence-electron chi connectivity index (χ4n) is 1.45. The minimum atomic E-state index is -1.09. The molecule has 0 aromatic heterocycles. The second-order valence-electron chi connectivity index (χ2n) is 4.05. The van der Waals surface area contributed by atoms with E-state index in [4.69, 9.17) is 9.84 Å². The van der Waals surface area contributed by atoms with E-state index in [0.29, 0.717) is 13.0 Å². The molecule has 110 valence electrons. The molecule has 0 aliphatic carbocycles. The molecule has 2 amide bonds. The maximum Gasteiger partial charge on any atom is 0.326 e. The van der Waals surface area contributed by atoms with E-state index in [1.807, 2.05) is 6.92 Å². The number of carboxylic acids is 1. The Morgan fingerprint density at radius 2 is 1.84 bits per heavy atom. The molecule has 7 nitrogen and oxygen atoms in total. The number of rotatable bonds is 10. The molecule has 19 heavy (non-hydrogen) atoms. The molecule has 7 heteroatoms. The number of carbonyl (C=O) groups is 3. The van der Waals surface area contributed by atoms with Crippen LogP contribution in [0.3, 0.4) is 0 Å². The molecule has 0 radical (unpaired) electrons. The van der Waals surface area contributed by atoms with Gasteiger partial charge < -0.3 is 20.5 Å². The number of amides is 2. The molecule has 3 N–H and O–H groups in total. The van der Waals surface area contributed by atoms with Crippen molar-refractivity contribution in [1.29, 1.82) is 0 Å². The van der Waals surface area contributed by atoms with Crippen molar-refractivity contribution in [2.24, 2.45) is 0 Å². The molecule has 0 aromatic rings. The lowest BCUT2D eigenvalue weighted by Gasteiger charge is -2.13. The molecular weight excluding hydrogens is 252 g/mol. The first-order valence-corrected chi connectivity index (χ1v) is 6.29. The van der Waals surface area contributed by atoms with Gasteiger partial charge in [0, 0.05) is 39.5 Å². The van der Waals surface area contributed by atoms with Gasteiger partial charge in [-0.15, -0.1) is 0 Å². The summed E-state index contributed by atoms with van der Waals surface area (Å²) in [5, 5.41) is 13.9. The smallest absolute Gasteiger partial charge is 0.326 e. The van der Waals surface area contributed by atoms with Gasteiger partial charge in [-0.2, -0.15) is 0 Å². The van der Waals surface area contributed by atoms with Crippen LogP contribution in [0.25, 0.3) is 0 Å². The minimum Gasteiger partial charge on any atom is -0.480 e. The van der Waals surface area contributed by atoms with E-state index in [2.05, 4.69) is 10.6 Å². The topological polar surface area (TPSA) is 105 Å². The third-order valence-electron chi connectivity index (χ3n) is 2.43. The highest BCUT2D eigenvalue weighted by Gasteiger charge is 2.19. The zero-order valence-electron chi connectivity index (χ0n) is 11.4. The summed E-state index contributed by atoms with van der Waals surface area (Å²) in [5.74, 6) is -1.56. The quantitative estimate of drug-likeness (QED) is 0.516. The second kappa shape index (κ2) is 10.3.